The maximum Gasteiger partial charge on any atom is 0.418 e. The minimum Gasteiger partial charge on any atom is -0.334 e. The fraction of sp³-hybridized carbons (Fsp3) is 0.176. The van der Waals surface area contributed by atoms with Crippen molar-refractivity contribution in [3.05, 3.63) is 59.4 Å². The van der Waals surface area contributed by atoms with Crippen LogP contribution in [0.4, 0.5) is 33.7 Å². The van der Waals surface area contributed by atoms with Gasteiger partial charge in [-0.1, -0.05) is 18.2 Å². The Hall–Kier alpha value is -3.10. The molecule has 3 N–H and O–H groups in total. The second-order valence-corrected chi connectivity index (χ2v) is 5.34. The molecule has 0 aromatic heterocycles. The third kappa shape index (κ3) is 5.20. The maximum absolute atomic E-state index is 13.5. The van der Waals surface area contributed by atoms with E-state index in [1.54, 1.807) is 6.07 Å². The molecule has 3 amide bonds. The number of alkyl halides is 3. The number of nitrogens with one attached hydrogen (secondary N) is 3. The van der Waals surface area contributed by atoms with Crippen molar-refractivity contribution in [3.8, 4) is 0 Å². The highest BCUT2D eigenvalue weighted by Crippen LogP contribution is 2.36. The Balaban J connectivity index is 2.13. The average Bonchev–Trinajstić information content (AvgIpc) is 2.54. The Morgan fingerprint density at radius 2 is 1.73 bits per heavy atom. The first-order chi connectivity index (χ1) is 12.2. The molecule has 5 nitrogen and oxygen atoms in total. The van der Waals surface area contributed by atoms with Gasteiger partial charge in [0.15, 0.2) is 0 Å². The highest BCUT2D eigenvalue weighted by molar-refractivity contribution is 5.92. The standard InChI is InChI=1S/C17H15F4N3O2/c1-10(25)23-12-6-7-15(13(8-12)17(19,20)21)24-16(26)22-9-11-4-2-3-5-14(11)18/h2-8H,9H2,1H3,(H,23,25)(H2,22,24,26). The van der Waals surface area contributed by atoms with E-state index in [2.05, 4.69) is 16.0 Å². The molecule has 0 saturated carbocycles. The molecule has 138 valence electrons. The van der Waals surface area contributed by atoms with Gasteiger partial charge in [0, 0.05) is 24.7 Å². The Kier molecular flexibility index (Phi) is 5.81. The molecule has 26 heavy (non-hydrogen) atoms. The van der Waals surface area contributed by atoms with Crippen molar-refractivity contribution in [1.82, 2.24) is 5.32 Å². The number of halogens is 4. The van der Waals surface area contributed by atoms with Crippen molar-refractivity contribution in [2.24, 2.45) is 0 Å². The zero-order valence-electron chi connectivity index (χ0n) is 13.6. The van der Waals surface area contributed by atoms with Gasteiger partial charge in [0.05, 0.1) is 11.3 Å². The summed E-state index contributed by atoms with van der Waals surface area (Å²) in [4.78, 5) is 22.8. The summed E-state index contributed by atoms with van der Waals surface area (Å²) in [6.45, 7) is 0.972. The van der Waals surface area contributed by atoms with Crippen LogP contribution in [0.1, 0.15) is 18.1 Å². The van der Waals surface area contributed by atoms with E-state index in [-0.39, 0.29) is 17.8 Å². The molecule has 0 aliphatic rings. The summed E-state index contributed by atoms with van der Waals surface area (Å²) in [7, 11) is 0. The average molecular weight is 369 g/mol. The minimum absolute atomic E-state index is 0.0536. The van der Waals surface area contributed by atoms with Gasteiger partial charge in [0.1, 0.15) is 5.82 Å². The topological polar surface area (TPSA) is 70.2 Å². The molecule has 0 aliphatic heterocycles. The largest absolute Gasteiger partial charge is 0.418 e. The zero-order valence-corrected chi connectivity index (χ0v) is 13.6. The molecule has 0 atom stereocenters. The summed E-state index contributed by atoms with van der Waals surface area (Å²) in [6.07, 6.45) is -4.75. The van der Waals surface area contributed by atoms with Crippen LogP contribution in [0.5, 0.6) is 0 Å². The van der Waals surface area contributed by atoms with Crippen LogP contribution in [-0.2, 0) is 17.5 Å². The molecule has 0 aliphatic carbocycles. The predicted octanol–water partition coefficient (Wildman–Crippen LogP) is 4.12. The van der Waals surface area contributed by atoms with E-state index < -0.39 is 35.2 Å². The van der Waals surface area contributed by atoms with Gasteiger partial charge in [-0.15, -0.1) is 0 Å². The normalized spacial score (nSPS) is 11.0. The molecule has 0 heterocycles. The molecule has 0 fully saturated rings. The maximum atomic E-state index is 13.5. The molecular weight excluding hydrogens is 354 g/mol. The Morgan fingerprint density at radius 1 is 1.04 bits per heavy atom. The van der Waals surface area contributed by atoms with E-state index in [0.29, 0.717) is 6.07 Å². The highest BCUT2D eigenvalue weighted by Gasteiger charge is 2.34. The monoisotopic (exact) mass is 369 g/mol. The van der Waals surface area contributed by atoms with Crippen molar-refractivity contribution in [3.63, 3.8) is 0 Å². The van der Waals surface area contributed by atoms with Crippen molar-refractivity contribution >= 4 is 23.3 Å². The zero-order chi connectivity index (χ0) is 19.3. The lowest BCUT2D eigenvalue weighted by atomic mass is 10.1. The van der Waals surface area contributed by atoms with Crippen LogP contribution in [0.15, 0.2) is 42.5 Å². The Labute approximate surface area is 146 Å². The fourth-order valence-corrected chi connectivity index (χ4v) is 2.15. The molecule has 9 heteroatoms. The summed E-state index contributed by atoms with van der Waals surface area (Å²) >= 11 is 0. The molecule has 0 unspecified atom stereocenters. The first-order valence-corrected chi connectivity index (χ1v) is 7.44. The first kappa shape index (κ1) is 19.2. The van der Waals surface area contributed by atoms with Gasteiger partial charge in [-0.2, -0.15) is 13.2 Å². The summed E-state index contributed by atoms with van der Waals surface area (Å²) < 4.78 is 53.0. The predicted molar refractivity (Wildman–Crippen MR) is 88.0 cm³/mol. The van der Waals surface area contributed by atoms with Gasteiger partial charge < -0.3 is 16.0 Å². The lowest BCUT2D eigenvalue weighted by molar-refractivity contribution is -0.137. The minimum atomic E-state index is -4.75. The number of hydrogen-bond donors (Lipinski definition) is 3. The number of carbonyl (C=O) groups is 2. The van der Waals surface area contributed by atoms with Gasteiger partial charge in [-0.25, -0.2) is 9.18 Å². The molecular formula is C17H15F4N3O2. The van der Waals surface area contributed by atoms with Gasteiger partial charge in [0.25, 0.3) is 0 Å². The van der Waals surface area contributed by atoms with Crippen molar-refractivity contribution < 1.29 is 27.2 Å². The second-order valence-electron chi connectivity index (χ2n) is 5.34. The summed E-state index contributed by atoms with van der Waals surface area (Å²) in [5.74, 6) is -1.06. The molecule has 2 rings (SSSR count). The van der Waals surface area contributed by atoms with Crippen LogP contribution in [0.2, 0.25) is 0 Å². The molecule has 0 saturated heterocycles. The molecule has 2 aromatic rings. The summed E-state index contributed by atoms with van der Waals surface area (Å²) in [6, 6.07) is 7.74. The van der Waals surface area contributed by atoms with Crippen molar-refractivity contribution in [2.75, 3.05) is 10.6 Å². The van der Waals surface area contributed by atoms with Crippen molar-refractivity contribution in [1.29, 1.82) is 0 Å². The Bertz CT molecular complexity index is 822. The van der Waals surface area contributed by atoms with E-state index >= 15 is 0 Å². The van der Waals surface area contributed by atoms with Gasteiger partial charge in [-0.3, -0.25) is 4.79 Å². The van der Waals surface area contributed by atoms with Gasteiger partial charge >= 0.3 is 12.2 Å². The summed E-state index contributed by atoms with van der Waals surface area (Å²) in [5, 5.41) is 6.61. The van der Waals surface area contributed by atoms with Crippen LogP contribution in [-0.4, -0.2) is 11.9 Å². The van der Waals surface area contributed by atoms with Crippen molar-refractivity contribution in [2.45, 2.75) is 19.6 Å². The first-order valence-electron chi connectivity index (χ1n) is 7.44. The number of anilines is 2. The van der Waals surface area contributed by atoms with Crippen LogP contribution >= 0.6 is 0 Å². The second kappa shape index (κ2) is 7.85. The van der Waals surface area contributed by atoms with Gasteiger partial charge in [-0.05, 0) is 24.3 Å². The smallest absolute Gasteiger partial charge is 0.334 e. The highest BCUT2D eigenvalue weighted by atomic mass is 19.4. The van der Waals surface area contributed by atoms with E-state index in [4.69, 9.17) is 0 Å². The molecule has 0 bridgehead atoms. The third-order valence-corrected chi connectivity index (χ3v) is 3.29. The lowest BCUT2D eigenvalue weighted by Gasteiger charge is -2.16. The number of rotatable bonds is 4. The number of amides is 3. The van der Waals surface area contributed by atoms with Crippen LogP contribution in [0.3, 0.4) is 0 Å². The third-order valence-electron chi connectivity index (χ3n) is 3.29. The van der Waals surface area contributed by atoms with E-state index in [0.717, 1.165) is 13.0 Å². The number of hydrogen-bond acceptors (Lipinski definition) is 2. The fourth-order valence-electron chi connectivity index (χ4n) is 2.15. The number of benzene rings is 2. The van der Waals surface area contributed by atoms with Crippen LogP contribution in [0, 0.1) is 5.82 Å². The van der Waals surface area contributed by atoms with E-state index in [9.17, 15) is 27.2 Å². The van der Waals surface area contributed by atoms with Crippen LogP contribution in [0.25, 0.3) is 0 Å². The lowest BCUT2D eigenvalue weighted by Crippen LogP contribution is -2.29. The molecule has 0 radical (unpaired) electrons. The SMILES string of the molecule is CC(=O)Nc1ccc(NC(=O)NCc2ccccc2F)c(C(F)(F)F)c1. The van der Waals surface area contributed by atoms with E-state index in [1.165, 1.54) is 24.3 Å². The Morgan fingerprint density at radius 3 is 2.35 bits per heavy atom. The van der Waals surface area contributed by atoms with Crippen LogP contribution < -0.4 is 16.0 Å². The number of urea groups is 1. The molecule has 0 spiro atoms. The summed E-state index contributed by atoms with van der Waals surface area (Å²) in [5.41, 5.74) is -1.47. The van der Waals surface area contributed by atoms with Gasteiger partial charge in [0.2, 0.25) is 5.91 Å². The van der Waals surface area contributed by atoms with E-state index in [1.807, 2.05) is 0 Å². The number of carbonyl (C=O) groups excluding carboxylic acids is 2. The quantitative estimate of drug-likeness (QED) is 0.710. The molecule has 2 aromatic carbocycles.